The lowest BCUT2D eigenvalue weighted by Crippen LogP contribution is -2.03. The molecule has 104 valence electrons. The normalized spacial score (nSPS) is 10.4. The summed E-state index contributed by atoms with van der Waals surface area (Å²) in [5.74, 6) is -1.49. The predicted molar refractivity (Wildman–Crippen MR) is 75.0 cm³/mol. The quantitative estimate of drug-likeness (QED) is 0.769. The van der Waals surface area contributed by atoms with Gasteiger partial charge in [-0.2, -0.15) is 0 Å². The number of benzene rings is 2. The van der Waals surface area contributed by atoms with Gasteiger partial charge in [0.15, 0.2) is 17.9 Å². The lowest BCUT2D eigenvalue weighted by atomic mass is 10.1. The third kappa shape index (κ3) is 3.04. The smallest absolute Gasteiger partial charge is 0.165 e. The standard InChI is InChI=1S/C15H11BrF2O2/c1-9-5-12(16)6-11(7-19)15(9)20-8-10-3-2-4-13(17)14(10)18/h2-7H,8H2,1H3. The van der Waals surface area contributed by atoms with Gasteiger partial charge in [-0.05, 0) is 30.7 Å². The van der Waals surface area contributed by atoms with E-state index in [0.717, 1.165) is 16.1 Å². The van der Waals surface area contributed by atoms with E-state index >= 15 is 0 Å². The van der Waals surface area contributed by atoms with Gasteiger partial charge >= 0.3 is 0 Å². The molecule has 0 aliphatic rings. The summed E-state index contributed by atoms with van der Waals surface area (Å²) in [6.07, 6.45) is 0.662. The first-order chi connectivity index (χ1) is 9.52. The van der Waals surface area contributed by atoms with Crippen LogP contribution in [0.25, 0.3) is 0 Å². The number of ether oxygens (including phenoxy) is 1. The van der Waals surface area contributed by atoms with Gasteiger partial charge in [0, 0.05) is 10.0 Å². The van der Waals surface area contributed by atoms with Crippen molar-refractivity contribution in [3.8, 4) is 5.75 Å². The zero-order chi connectivity index (χ0) is 14.7. The largest absolute Gasteiger partial charge is 0.488 e. The Morgan fingerprint density at radius 3 is 2.75 bits per heavy atom. The van der Waals surface area contributed by atoms with E-state index in [0.29, 0.717) is 17.6 Å². The molecule has 5 heteroatoms. The van der Waals surface area contributed by atoms with E-state index in [1.54, 1.807) is 19.1 Å². The summed E-state index contributed by atoms with van der Waals surface area (Å²) in [7, 11) is 0. The van der Waals surface area contributed by atoms with Crippen molar-refractivity contribution in [3.63, 3.8) is 0 Å². The highest BCUT2D eigenvalue weighted by molar-refractivity contribution is 9.10. The van der Waals surface area contributed by atoms with E-state index in [2.05, 4.69) is 15.9 Å². The van der Waals surface area contributed by atoms with Crippen molar-refractivity contribution >= 4 is 22.2 Å². The van der Waals surface area contributed by atoms with E-state index in [1.807, 2.05) is 0 Å². The summed E-state index contributed by atoms with van der Waals surface area (Å²) >= 11 is 3.28. The van der Waals surface area contributed by atoms with Gasteiger partial charge < -0.3 is 4.74 Å². The van der Waals surface area contributed by atoms with E-state index in [9.17, 15) is 13.6 Å². The Balaban J connectivity index is 2.27. The number of halogens is 3. The molecule has 0 radical (unpaired) electrons. The van der Waals surface area contributed by atoms with Crippen LogP contribution in [0.15, 0.2) is 34.8 Å². The van der Waals surface area contributed by atoms with Crippen molar-refractivity contribution in [1.82, 2.24) is 0 Å². The third-order valence-corrected chi connectivity index (χ3v) is 3.26. The Hall–Kier alpha value is -1.75. The van der Waals surface area contributed by atoms with Gasteiger partial charge in [0.2, 0.25) is 0 Å². The minimum atomic E-state index is -0.935. The molecule has 0 unspecified atom stereocenters. The van der Waals surface area contributed by atoms with Gasteiger partial charge in [-0.1, -0.05) is 28.1 Å². The average Bonchev–Trinajstić information content (AvgIpc) is 2.41. The fraction of sp³-hybridized carbons (Fsp3) is 0.133. The molecule has 2 aromatic rings. The maximum Gasteiger partial charge on any atom is 0.165 e. The summed E-state index contributed by atoms with van der Waals surface area (Å²) in [5.41, 5.74) is 1.19. The predicted octanol–water partition coefficient (Wildman–Crippen LogP) is 4.43. The topological polar surface area (TPSA) is 26.3 Å². The molecule has 0 amide bonds. The summed E-state index contributed by atoms with van der Waals surface area (Å²) in [6, 6.07) is 7.28. The van der Waals surface area contributed by atoms with Gasteiger partial charge in [-0.15, -0.1) is 0 Å². The van der Waals surface area contributed by atoms with Crippen LogP contribution in [0.5, 0.6) is 5.75 Å². The Bertz CT molecular complexity index is 657. The molecule has 0 aromatic heterocycles. The monoisotopic (exact) mass is 340 g/mol. The Morgan fingerprint density at radius 2 is 2.05 bits per heavy atom. The highest BCUT2D eigenvalue weighted by atomic mass is 79.9. The van der Waals surface area contributed by atoms with Crippen molar-refractivity contribution in [3.05, 3.63) is 63.1 Å². The van der Waals surface area contributed by atoms with Crippen molar-refractivity contribution < 1.29 is 18.3 Å². The summed E-state index contributed by atoms with van der Waals surface area (Å²) in [4.78, 5) is 11.0. The molecular weight excluding hydrogens is 330 g/mol. The zero-order valence-electron chi connectivity index (χ0n) is 10.6. The number of aldehydes is 1. The highest BCUT2D eigenvalue weighted by Crippen LogP contribution is 2.28. The Morgan fingerprint density at radius 1 is 1.30 bits per heavy atom. The van der Waals surface area contributed by atoms with E-state index < -0.39 is 11.6 Å². The summed E-state index contributed by atoms with van der Waals surface area (Å²) in [5, 5.41) is 0. The number of rotatable bonds is 4. The number of hydrogen-bond donors (Lipinski definition) is 0. The van der Waals surface area contributed by atoms with Crippen molar-refractivity contribution in [2.45, 2.75) is 13.5 Å². The van der Waals surface area contributed by atoms with E-state index in [4.69, 9.17) is 4.74 Å². The molecule has 0 aliphatic heterocycles. The summed E-state index contributed by atoms with van der Waals surface area (Å²) < 4.78 is 32.8. The first-order valence-corrected chi connectivity index (χ1v) is 6.63. The maximum absolute atomic E-state index is 13.5. The van der Waals surface area contributed by atoms with Crippen molar-refractivity contribution in [2.24, 2.45) is 0 Å². The van der Waals surface area contributed by atoms with Gasteiger partial charge in [-0.25, -0.2) is 8.78 Å². The molecule has 0 bridgehead atoms. The Kier molecular flexibility index (Phi) is 4.49. The second kappa shape index (κ2) is 6.13. The van der Waals surface area contributed by atoms with E-state index in [1.165, 1.54) is 12.1 Å². The number of hydrogen-bond acceptors (Lipinski definition) is 2. The minimum Gasteiger partial charge on any atom is -0.488 e. The molecule has 0 saturated carbocycles. The van der Waals surface area contributed by atoms with Crippen molar-refractivity contribution in [2.75, 3.05) is 0 Å². The number of aryl methyl sites for hydroxylation is 1. The second-order valence-corrected chi connectivity index (χ2v) is 5.18. The van der Waals surface area contributed by atoms with Gasteiger partial charge in [0.05, 0.1) is 5.56 Å². The maximum atomic E-state index is 13.5. The lowest BCUT2D eigenvalue weighted by Gasteiger charge is -2.12. The molecule has 0 fully saturated rings. The molecule has 2 aromatic carbocycles. The molecule has 2 rings (SSSR count). The van der Waals surface area contributed by atoms with Crippen LogP contribution in [0.2, 0.25) is 0 Å². The van der Waals surface area contributed by atoms with Crippen molar-refractivity contribution in [1.29, 1.82) is 0 Å². The molecule has 0 atom stereocenters. The molecule has 0 aliphatic carbocycles. The van der Waals surface area contributed by atoms with Crippen LogP contribution in [0.3, 0.4) is 0 Å². The van der Waals surface area contributed by atoms with E-state index in [-0.39, 0.29) is 12.2 Å². The number of carbonyl (C=O) groups is 1. The van der Waals surface area contributed by atoms with Gasteiger partial charge in [0.1, 0.15) is 12.4 Å². The molecule has 2 nitrogen and oxygen atoms in total. The molecule has 0 saturated heterocycles. The first kappa shape index (κ1) is 14.7. The zero-order valence-corrected chi connectivity index (χ0v) is 12.2. The fourth-order valence-electron chi connectivity index (χ4n) is 1.85. The third-order valence-electron chi connectivity index (χ3n) is 2.80. The molecule has 0 spiro atoms. The highest BCUT2D eigenvalue weighted by Gasteiger charge is 2.12. The fourth-order valence-corrected chi connectivity index (χ4v) is 2.44. The molecule has 0 N–H and O–H groups in total. The van der Waals surface area contributed by atoms with Crippen LogP contribution in [-0.2, 0) is 6.61 Å². The average molecular weight is 341 g/mol. The number of carbonyl (C=O) groups excluding carboxylic acids is 1. The first-order valence-electron chi connectivity index (χ1n) is 5.84. The second-order valence-electron chi connectivity index (χ2n) is 4.26. The van der Waals surface area contributed by atoms with Crippen LogP contribution in [0.4, 0.5) is 8.78 Å². The molecular formula is C15H11BrF2O2. The van der Waals surface area contributed by atoms with Crippen LogP contribution >= 0.6 is 15.9 Å². The molecule has 20 heavy (non-hydrogen) atoms. The lowest BCUT2D eigenvalue weighted by molar-refractivity contribution is 0.111. The SMILES string of the molecule is Cc1cc(Br)cc(C=O)c1OCc1cccc(F)c1F. The van der Waals surface area contributed by atoms with Gasteiger partial charge in [0.25, 0.3) is 0 Å². The Labute approximate surface area is 123 Å². The van der Waals surface area contributed by atoms with Crippen LogP contribution in [0.1, 0.15) is 21.5 Å². The van der Waals surface area contributed by atoms with Crippen LogP contribution in [0, 0.1) is 18.6 Å². The van der Waals surface area contributed by atoms with Gasteiger partial charge in [-0.3, -0.25) is 4.79 Å². The summed E-state index contributed by atoms with van der Waals surface area (Å²) in [6.45, 7) is 1.63. The molecule has 0 heterocycles. The van der Waals surface area contributed by atoms with Crippen LogP contribution in [-0.4, -0.2) is 6.29 Å². The van der Waals surface area contributed by atoms with Crippen LogP contribution < -0.4 is 4.74 Å². The minimum absolute atomic E-state index is 0.101.